The van der Waals surface area contributed by atoms with E-state index < -0.39 is 31.1 Å². The summed E-state index contributed by atoms with van der Waals surface area (Å²) in [5.74, 6) is 0. The van der Waals surface area contributed by atoms with E-state index in [-0.39, 0.29) is 5.56 Å². The maximum Gasteiger partial charge on any atom is 0.260 e. The van der Waals surface area contributed by atoms with Crippen molar-refractivity contribution in [3.05, 3.63) is 40.4 Å². The SMILES string of the molecule is O=c1[nH]cnc2c1c(-c1cccs1)cn2[C@@H]1O[C@H](CO)[C@@H](O)[C@H]1O. The summed E-state index contributed by atoms with van der Waals surface area (Å²) in [5, 5.41) is 31.8. The van der Waals surface area contributed by atoms with E-state index in [1.807, 2.05) is 17.5 Å². The van der Waals surface area contributed by atoms with E-state index in [2.05, 4.69) is 9.97 Å². The quantitative estimate of drug-likeness (QED) is 0.531. The van der Waals surface area contributed by atoms with Crippen molar-refractivity contribution in [3.8, 4) is 10.4 Å². The average molecular weight is 349 g/mol. The van der Waals surface area contributed by atoms with Crippen LogP contribution in [0.4, 0.5) is 0 Å². The number of nitrogens with zero attached hydrogens (tertiary/aromatic N) is 2. The van der Waals surface area contributed by atoms with Gasteiger partial charge in [0.2, 0.25) is 0 Å². The summed E-state index contributed by atoms with van der Waals surface area (Å²) in [4.78, 5) is 19.9. The Labute approximate surface area is 139 Å². The molecule has 1 fully saturated rings. The molecule has 0 saturated carbocycles. The Morgan fingerprint density at radius 1 is 1.38 bits per heavy atom. The van der Waals surface area contributed by atoms with Crippen LogP contribution in [0.2, 0.25) is 0 Å². The fourth-order valence-corrected chi connectivity index (χ4v) is 3.76. The van der Waals surface area contributed by atoms with E-state index in [0.29, 0.717) is 16.6 Å². The summed E-state index contributed by atoms with van der Waals surface area (Å²) in [6, 6.07) is 3.76. The Hall–Kier alpha value is -2.04. The van der Waals surface area contributed by atoms with Crippen LogP contribution in [0.5, 0.6) is 0 Å². The number of aliphatic hydroxyl groups excluding tert-OH is 3. The molecular weight excluding hydrogens is 334 g/mol. The summed E-state index contributed by atoms with van der Waals surface area (Å²) in [6.45, 7) is -0.417. The van der Waals surface area contributed by atoms with Crippen LogP contribution in [0.1, 0.15) is 6.23 Å². The van der Waals surface area contributed by atoms with Gasteiger partial charge >= 0.3 is 0 Å². The molecule has 0 amide bonds. The molecule has 126 valence electrons. The van der Waals surface area contributed by atoms with Gasteiger partial charge in [0.05, 0.1) is 18.3 Å². The van der Waals surface area contributed by atoms with Crippen LogP contribution in [0, 0.1) is 0 Å². The number of hydrogen-bond acceptors (Lipinski definition) is 7. The third-order valence-electron chi connectivity index (χ3n) is 4.19. The van der Waals surface area contributed by atoms with Crippen molar-refractivity contribution in [1.82, 2.24) is 14.5 Å². The number of thiophene rings is 1. The first kappa shape index (κ1) is 15.5. The number of nitrogens with one attached hydrogen (secondary N) is 1. The molecule has 4 rings (SSSR count). The molecule has 24 heavy (non-hydrogen) atoms. The topological polar surface area (TPSA) is 121 Å². The lowest BCUT2D eigenvalue weighted by Crippen LogP contribution is -2.33. The number of hydrogen-bond donors (Lipinski definition) is 4. The smallest absolute Gasteiger partial charge is 0.260 e. The van der Waals surface area contributed by atoms with E-state index >= 15 is 0 Å². The second kappa shape index (κ2) is 5.80. The molecule has 1 aliphatic rings. The average Bonchev–Trinajstić information content (AvgIpc) is 3.28. The second-order valence-electron chi connectivity index (χ2n) is 5.59. The third kappa shape index (κ3) is 2.21. The van der Waals surface area contributed by atoms with E-state index in [9.17, 15) is 20.1 Å². The molecule has 0 aromatic carbocycles. The fourth-order valence-electron chi connectivity index (χ4n) is 3.02. The molecular formula is C15H15N3O5S. The number of ether oxygens (including phenoxy) is 1. The van der Waals surface area contributed by atoms with Crippen LogP contribution < -0.4 is 5.56 Å². The first-order valence-electron chi connectivity index (χ1n) is 7.36. The Balaban J connectivity index is 1.91. The highest BCUT2D eigenvalue weighted by Crippen LogP contribution is 2.36. The van der Waals surface area contributed by atoms with Crippen LogP contribution in [0.3, 0.4) is 0 Å². The molecule has 1 aliphatic heterocycles. The fraction of sp³-hybridized carbons (Fsp3) is 0.333. The molecule has 0 radical (unpaired) electrons. The van der Waals surface area contributed by atoms with Crippen molar-refractivity contribution >= 4 is 22.4 Å². The molecule has 4 atom stereocenters. The molecule has 0 spiro atoms. The highest BCUT2D eigenvalue weighted by Gasteiger charge is 2.44. The van der Waals surface area contributed by atoms with Crippen LogP contribution in [-0.2, 0) is 4.74 Å². The zero-order valence-electron chi connectivity index (χ0n) is 12.4. The first-order valence-corrected chi connectivity index (χ1v) is 8.24. The summed E-state index contributed by atoms with van der Waals surface area (Å²) in [6.07, 6.45) is -1.34. The molecule has 3 aromatic rings. The number of H-pyrrole nitrogens is 1. The number of aromatic nitrogens is 3. The van der Waals surface area contributed by atoms with Crippen molar-refractivity contribution in [3.63, 3.8) is 0 Å². The summed E-state index contributed by atoms with van der Waals surface area (Å²) >= 11 is 1.48. The molecule has 0 bridgehead atoms. The number of fused-ring (bicyclic) bond motifs is 1. The van der Waals surface area contributed by atoms with E-state index in [1.54, 1.807) is 6.20 Å². The van der Waals surface area contributed by atoms with Crippen molar-refractivity contribution in [2.24, 2.45) is 0 Å². The van der Waals surface area contributed by atoms with Gasteiger partial charge in [-0.1, -0.05) is 6.07 Å². The Kier molecular flexibility index (Phi) is 3.74. The summed E-state index contributed by atoms with van der Waals surface area (Å²) < 4.78 is 7.09. The van der Waals surface area contributed by atoms with Crippen LogP contribution in [0.15, 0.2) is 34.8 Å². The lowest BCUT2D eigenvalue weighted by Gasteiger charge is -2.17. The molecule has 0 unspecified atom stereocenters. The number of rotatable bonds is 3. The normalized spacial score (nSPS) is 27.1. The van der Waals surface area contributed by atoms with Gasteiger partial charge < -0.3 is 29.6 Å². The van der Waals surface area contributed by atoms with Gasteiger partial charge in [-0.3, -0.25) is 4.79 Å². The van der Waals surface area contributed by atoms with Crippen molar-refractivity contribution in [2.75, 3.05) is 6.61 Å². The zero-order valence-corrected chi connectivity index (χ0v) is 13.2. The third-order valence-corrected chi connectivity index (χ3v) is 5.10. The number of aliphatic hydroxyl groups is 3. The van der Waals surface area contributed by atoms with Gasteiger partial charge in [-0.15, -0.1) is 11.3 Å². The van der Waals surface area contributed by atoms with E-state index in [0.717, 1.165) is 4.88 Å². The lowest BCUT2D eigenvalue weighted by atomic mass is 10.1. The highest BCUT2D eigenvalue weighted by molar-refractivity contribution is 7.13. The largest absolute Gasteiger partial charge is 0.394 e. The lowest BCUT2D eigenvalue weighted by molar-refractivity contribution is -0.0508. The maximum atomic E-state index is 12.3. The van der Waals surface area contributed by atoms with Crippen LogP contribution >= 0.6 is 11.3 Å². The Morgan fingerprint density at radius 3 is 2.88 bits per heavy atom. The molecule has 0 aliphatic carbocycles. The Bertz CT molecular complexity index is 919. The maximum absolute atomic E-state index is 12.3. The minimum Gasteiger partial charge on any atom is -0.394 e. The van der Waals surface area contributed by atoms with Gasteiger partial charge in [0.25, 0.3) is 5.56 Å². The molecule has 1 saturated heterocycles. The number of aromatic amines is 1. The van der Waals surface area contributed by atoms with Gasteiger partial charge in [0.1, 0.15) is 24.0 Å². The van der Waals surface area contributed by atoms with E-state index in [1.165, 1.54) is 22.2 Å². The predicted molar refractivity (Wildman–Crippen MR) is 86.7 cm³/mol. The van der Waals surface area contributed by atoms with E-state index in [4.69, 9.17) is 4.74 Å². The predicted octanol–water partition coefficient (Wildman–Crippen LogP) is 0.0646. The van der Waals surface area contributed by atoms with Crippen LogP contribution in [0.25, 0.3) is 21.5 Å². The standard InChI is InChI=1S/C15H15N3O5S/c19-5-8-11(20)12(21)15(23-8)18-4-7(9-2-1-3-24-9)10-13(18)16-6-17-14(10)22/h1-4,6,8,11-12,15,19-21H,5H2,(H,16,17,22)/t8-,11-,12-,15-/m1/s1. The summed E-state index contributed by atoms with van der Waals surface area (Å²) in [7, 11) is 0. The minimum atomic E-state index is -1.24. The Morgan fingerprint density at radius 2 is 2.21 bits per heavy atom. The van der Waals surface area contributed by atoms with Gasteiger partial charge in [-0.05, 0) is 11.4 Å². The van der Waals surface area contributed by atoms with Gasteiger partial charge in [-0.25, -0.2) is 4.98 Å². The molecule has 3 aromatic heterocycles. The molecule has 9 heteroatoms. The molecule has 4 N–H and O–H groups in total. The van der Waals surface area contributed by atoms with Crippen molar-refractivity contribution in [1.29, 1.82) is 0 Å². The van der Waals surface area contributed by atoms with Crippen LogP contribution in [-0.4, -0.2) is 54.8 Å². The van der Waals surface area contributed by atoms with Gasteiger partial charge in [0, 0.05) is 16.6 Å². The monoisotopic (exact) mass is 349 g/mol. The molecule has 4 heterocycles. The first-order chi connectivity index (χ1) is 11.6. The zero-order chi connectivity index (χ0) is 16.8. The highest BCUT2D eigenvalue weighted by atomic mass is 32.1. The second-order valence-corrected chi connectivity index (χ2v) is 6.53. The van der Waals surface area contributed by atoms with Gasteiger partial charge in [0.15, 0.2) is 6.23 Å². The minimum absolute atomic E-state index is 0.297. The molecule has 8 nitrogen and oxygen atoms in total. The van der Waals surface area contributed by atoms with Gasteiger partial charge in [-0.2, -0.15) is 0 Å². The summed E-state index contributed by atoms with van der Waals surface area (Å²) in [5.41, 5.74) is 0.720. The van der Waals surface area contributed by atoms with Crippen molar-refractivity contribution in [2.45, 2.75) is 24.5 Å². The van der Waals surface area contributed by atoms with Crippen molar-refractivity contribution < 1.29 is 20.1 Å².